The topological polar surface area (TPSA) is 84.2 Å². The summed E-state index contributed by atoms with van der Waals surface area (Å²) < 4.78 is 28.3. The first-order valence-electron chi connectivity index (χ1n) is 5.93. The summed E-state index contributed by atoms with van der Waals surface area (Å²) in [6, 6.07) is 6.96. The molecule has 0 bridgehead atoms. The van der Waals surface area contributed by atoms with Gasteiger partial charge < -0.3 is 5.73 Å². The molecule has 1 atom stereocenters. The quantitative estimate of drug-likeness (QED) is 0.735. The Morgan fingerprint density at radius 3 is 2.17 bits per heavy atom. The van der Waals surface area contributed by atoms with E-state index in [-0.39, 0.29) is 12.0 Å². The maximum absolute atomic E-state index is 11.7. The summed E-state index contributed by atoms with van der Waals surface area (Å²) in [4.78, 5) is 0. The van der Waals surface area contributed by atoms with Gasteiger partial charge >= 0.3 is 0 Å². The zero-order chi connectivity index (χ0) is 13.8. The van der Waals surface area contributed by atoms with E-state index in [0.29, 0.717) is 12.2 Å². The lowest BCUT2D eigenvalue weighted by Gasteiger charge is -2.12. The van der Waals surface area contributed by atoms with E-state index in [2.05, 4.69) is 9.44 Å². The van der Waals surface area contributed by atoms with Crippen LogP contribution in [0.3, 0.4) is 0 Å². The van der Waals surface area contributed by atoms with Crippen LogP contribution in [0, 0.1) is 5.92 Å². The fourth-order valence-corrected chi connectivity index (χ4v) is 2.39. The zero-order valence-corrected chi connectivity index (χ0v) is 11.8. The Labute approximate surface area is 109 Å². The van der Waals surface area contributed by atoms with Gasteiger partial charge in [0.2, 0.25) is 0 Å². The van der Waals surface area contributed by atoms with Gasteiger partial charge in [-0.25, -0.2) is 0 Å². The Balaban J connectivity index is 2.66. The van der Waals surface area contributed by atoms with Crippen molar-refractivity contribution in [2.75, 3.05) is 11.3 Å². The first kappa shape index (κ1) is 14.9. The second-order valence-electron chi connectivity index (χ2n) is 4.76. The highest BCUT2D eigenvalue weighted by Gasteiger charge is 2.10. The largest absolute Gasteiger partial charge is 0.324 e. The van der Waals surface area contributed by atoms with Crippen LogP contribution in [0.4, 0.5) is 5.69 Å². The second kappa shape index (κ2) is 6.17. The molecule has 0 saturated heterocycles. The maximum atomic E-state index is 11.7. The molecule has 0 aromatic heterocycles. The Morgan fingerprint density at radius 2 is 1.72 bits per heavy atom. The fraction of sp³-hybridized carbons (Fsp3) is 0.500. The smallest absolute Gasteiger partial charge is 0.299 e. The molecular formula is C12H21N3O2S. The number of anilines is 1. The van der Waals surface area contributed by atoms with Crippen molar-refractivity contribution in [3.8, 4) is 0 Å². The van der Waals surface area contributed by atoms with Crippen LogP contribution in [0.15, 0.2) is 24.3 Å². The molecule has 18 heavy (non-hydrogen) atoms. The molecule has 1 rings (SSSR count). The van der Waals surface area contributed by atoms with Gasteiger partial charge in [-0.3, -0.25) is 4.72 Å². The molecule has 1 aromatic carbocycles. The number of benzene rings is 1. The van der Waals surface area contributed by atoms with Crippen LogP contribution in [0.5, 0.6) is 0 Å². The SMILES string of the molecule is CC(C)CNS(=O)(=O)Nc1ccc(C(C)N)cc1. The second-order valence-corrected chi connectivity index (χ2v) is 6.26. The molecule has 0 spiro atoms. The van der Waals surface area contributed by atoms with E-state index in [1.165, 1.54) is 0 Å². The molecule has 1 aromatic rings. The van der Waals surface area contributed by atoms with Gasteiger partial charge in [0.25, 0.3) is 10.2 Å². The van der Waals surface area contributed by atoms with Gasteiger partial charge in [0.05, 0.1) is 0 Å². The minimum atomic E-state index is -3.49. The molecule has 102 valence electrons. The molecule has 0 aliphatic carbocycles. The predicted octanol–water partition coefficient (Wildman–Crippen LogP) is 1.61. The minimum Gasteiger partial charge on any atom is -0.324 e. The number of nitrogens with two attached hydrogens (primary N) is 1. The molecule has 6 heteroatoms. The van der Waals surface area contributed by atoms with Crippen molar-refractivity contribution < 1.29 is 8.42 Å². The van der Waals surface area contributed by atoms with Crippen LogP contribution in [0.25, 0.3) is 0 Å². The van der Waals surface area contributed by atoms with Gasteiger partial charge in [-0.2, -0.15) is 13.1 Å². The van der Waals surface area contributed by atoms with Crippen molar-refractivity contribution in [1.82, 2.24) is 4.72 Å². The molecule has 5 nitrogen and oxygen atoms in total. The van der Waals surface area contributed by atoms with Crippen molar-refractivity contribution in [3.05, 3.63) is 29.8 Å². The van der Waals surface area contributed by atoms with Crippen LogP contribution < -0.4 is 15.2 Å². The summed E-state index contributed by atoms with van der Waals surface area (Å²) >= 11 is 0. The molecule has 0 radical (unpaired) electrons. The highest BCUT2D eigenvalue weighted by atomic mass is 32.2. The van der Waals surface area contributed by atoms with Gasteiger partial charge in [0, 0.05) is 18.3 Å². The Kier molecular flexibility index (Phi) is 5.13. The number of rotatable bonds is 6. The molecule has 0 heterocycles. The Bertz CT molecular complexity index is 467. The predicted molar refractivity (Wildman–Crippen MR) is 74.4 cm³/mol. The van der Waals surface area contributed by atoms with Crippen LogP contribution in [-0.4, -0.2) is 15.0 Å². The first-order chi connectivity index (χ1) is 8.30. The lowest BCUT2D eigenvalue weighted by molar-refractivity contribution is 0.565. The number of hydrogen-bond acceptors (Lipinski definition) is 3. The third-order valence-corrected chi connectivity index (χ3v) is 3.42. The average Bonchev–Trinajstić information content (AvgIpc) is 2.27. The summed E-state index contributed by atoms with van der Waals surface area (Å²) in [6.07, 6.45) is 0. The van der Waals surface area contributed by atoms with Crippen molar-refractivity contribution in [1.29, 1.82) is 0 Å². The zero-order valence-electron chi connectivity index (χ0n) is 11.0. The normalized spacial score (nSPS) is 13.6. The summed E-state index contributed by atoms with van der Waals surface area (Å²) in [7, 11) is -3.49. The maximum Gasteiger partial charge on any atom is 0.299 e. The van der Waals surface area contributed by atoms with E-state index in [0.717, 1.165) is 5.56 Å². The average molecular weight is 271 g/mol. The molecule has 0 saturated carbocycles. The molecule has 0 aliphatic rings. The van der Waals surface area contributed by atoms with Crippen molar-refractivity contribution in [2.45, 2.75) is 26.8 Å². The van der Waals surface area contributed by atoms with E-state index in [9.17, 15) is 8.42 Å². The summed E-state index contributed by atoms with van der Waals surface area (Å²) in [5.74, 6) is 0.266. The molecule has 0 aliphatic heterocycles. The van der Waals surface area contributed by atoms with E-state index < -0.39 is 10.2 Å². The molecule has 0 fully saturated rings. The van der Waals surface area contributed by atoms with Crippen LogP contribution in [0.1, 0.15) is 32.4 Å². The lowest BCUT2D eigenvalue weighted by atomic mass is 10.1. The molecule has 4 N–H and O–H groups in total. The van der Waals surface area contributed by atoms with Crippen molar-refractivity contribution >= 4 is 15.9 Å². The molecular weight excluding hydrogens is 250 g/mol. The standard InChI is InChI=1S/C12H21N3O2S/c1-9(2)8-14-18(16,17)15-12-6-4-11(5-7-12)10(3)13/h4-7,9-10,14-15H,8,13H2,1-3H3. The Hall–Kier alpha value is -1.11. The summed E-state index contributed by atoms with van der Waals surface area (Å²) in [6.45, 7) is 6.18. The Morgan fingerprint density at radius 1 is 1.17 bits per heavy atom. The monoisotopic (exact) mass is 271 g/mol. The van der Waals surface area contributed by atoms with E-state index in [1.54, 1.807) is 12.1 Å². The van der Waals surface area contributed by atoms with Gasteiger partial charge in [-0.1, -0.05) is 26.0 Å². The third-order valence-electron chi connectivity index (χ3n) is 2.37. The fourth-order valence-electron chi connectivity index (χ4n) is 1.32. The van der Waals surface area contributed by atoms with Crippen LogP contribution in [-0.2, 0) is 10.2 Å². The molecule has 0 amide bonds. The van der Waals surface area contributed by atoms with E-state index in [1.807, 2.05) is 32.9 Å². The van der Waals surface area contributed by atoms with Crippen molar-refractivity contribution in [3.63, 3.8) is 0 Å². The van der Waals surface area contributed by atoms with Crippen LogP contribution >= 0.6 is 0 Å². The van der Waals surface area contributed by atoms with E-state index >= 15 is 0 Å². The summed E-state index contributed by atoms with van der Waals surface area (Å²) in [5, 5.41) is 0. The minimum absolute atomic E-state index is 0.0604. The van der Waals surface area contributed by atoms with Gasteiger partial charge in [0.1, 0.15) is 0 Å². The van der Waals surface area contributed by atoms with Gasteiger partial charge in [-0.05, 0) is 30.5 Å². The third kappa shape index (κ3) is 5.03. The summed E-state index contributed by atoms with van der Waals surface area (Å²) in [5.41, 5.74) is 7.21. The highest BCUT2D eigenvalue weighted by Crippen LogP contribution is 2.14. The number of nitrogens with one attached hydrogen (secondary N) is 2. The highest BCUT2D eigenvalue weighted by molar-refractivity contribution is 7.90. The van der Waals surface area contributed by atoms with Crippen molar-refractivity contribution in [2.24, 2.45) is 11.7 Å². The molecule has 1 unspecified atom stereocenters. The van der Waals surface area contributed by atoms with Gasteiger partial charge in [-0.15, -0.1) is 0 Å². The van der Waals surface area contributed by atoms with Gasteiger partial charge in [0.15, 0.2) is 0 Å². The lowest BCUT2D eigenvalue weighted by Crippen LogP contribution is -2.32. The number of hydrogen-bond donors (Lipinski definition) is 3. The van der Waals surface area contributed by atoms with E-state index in [4.69, 9.17) is 5.73 Å². The van der Waals surface area contributed by atoms with Crippen LogP contribution in [0.2, 0.25) is 0 Å². The first-order valence-corrected chi connectivity index (χ1v) is 7.41.